The molecule has 3 saturated carbocycles. The van der Waals surface area contributed by atoms with E-state index >= 15 is 0 Å². The van der Waals surface area contributed by atoms with Crippen LogP contribution in [0.1, 0.15) is 58.8 Å². The van der Waals surface area contributed by atoms with Gasteiger partial charge in [0.05, 0.1) is 0 Å². The van der Waals surface area contributed by atoms with Gasteiger partial charge in [-0.3, -0.25) is 9.59 Å². The zero-order chi connectivity index (χ0) is 14.8. The Balaban J connectivity index is 1.77. The fourth-order valence-corrected chi connectivity index (χ4v) is 5.60. The summed E-state index contributed by atoms with van der Waals surface area (Å²) in [6.45, 7) is 4.55. The van der Waals surface area contributed by atoms with Gasteiger partial charge >= 0.3 is 0 Å². The van der Waals surface area contributed by atoms with Crippen molar-refractivity contribution >= 4 is 11.6 Å². The normalized spacial score (nSPS) is 45.4. The molecule has 0 heterocycles. The van der Waals surface area contributed by atoms with Crippen molar-refractivity contribution in [2.24, 2.45) is 22.7 Å². The highest BCUT2D eigenvalue weighted by atomic mass is 16.1. The molecule has 21 heavy (non-hydrogen) atoms. The first kappa shape index (κ1) is 13.5. The molecule has 4 rings (SSSR count). The van der Waals surface area contributed by atoms with Gasteiger partial charge in [-0.1, -0.05) is 37.1 Å². The van der Waals surface area contributed by atoms with Crippen LogP contribution < -0.4 is 0 Å². The van der Waals surface area contributed by atoms with Crippen molar-refractivity contribution < 1.29 is 9.59 Å². The molecule has 0 bridgehead atoms. The van der Waals surface area contributed by atoms with Crippen molar-refractivity contribution in [2.45, 2.75) is 58.8 Å². The predicted octanol–water partition coefficient (Wildman–Crippen LogP) is 4.01. The Hall–Kier alpha value is -1.18. The highest BCUT2D eigenvalue weighted by molar-refractivity contribution is 5.88. The first-order chi connectivity index (χ1) is 9.95. The summed E-state index contributed by atoms with van der Waals surface area (Å²) >= 11 is 0. The Kier molecular flexibility index (Phi) is 2.68. The lowest BCUT2D eigenvalue weighted by molar-refractivity contribution is -0.127. The second-order valence-corrected chi connectivity index (χ2v) is 8.01. The third kappa shape index (κ3) is 1.65. The third-order valence-corrected chi connectivity index (χ3v) is 7.11. The van der Waals surface area contributed by atoms with Gasteiger partial charge in [0.25, 0.3) is 0 Å². The van der Waals surface area contributed by atoms with Crippen LogP contribution in [-0.2, 0) is 9.59 Å². The van der Waals surface area contributed by atoms with Crippen LogP contribution in [0, 0.1) is 22.7 Å². The summed E-state index contributed by atoms with van der Waals surface area (Å²) in [6, 6.07) is 0. The van der Waals surface area contributed by atoms with Gasteiger partial charge in [0.15, 0.2) is 0 Å². The van der Waals surface area contributed by atoms with Gasteiger partial charge in [-0.05, 0) is 42.9 Å². The summed E-state index contributed by atoms with van der Waals surface area (Å²) < 4.78 is 0. The summed E-state index contributed by atoms with van der Waals surface area (Å²) in [5.74, 6) is 1.89. The number of hydrogen-bond acceptors (Lipinski definition) is 2. The van der Waals surface area contributed by atoms with Crippen LogP contribution in [0.2, 0.25) is 0 Å². The minimum absolute atomic E-state index is 0.103. The van der Waals surface area contributed by atoms with Gasteiger partial charge < -0.3 is 0 Å². The first-order valence-electron chi connectivity index (χ1n) is 8.41. The summed E-state index contributed by atoms with van der Waals surface area (Å²) in [7, 11) is 0. The van der Waals surface area contributed by atoms with Gasteiger partial charge in [-0.25, -0.2) is 0 Å². The van der Waals surface area contributed by atoms with E-state index in [2.05, 4.69) is 26.0 Å². The van der Waals surface area contributed by atoms with Gasteiger partial charge in [-0.2, -0.15) is 0 Å². The van der Waals surface area contributed by atoms with Gasteiger partial charge in [0.2, 0.25) is 0 Å². The molecule has 2 nitrogen and oxygen atoms in total. The molecule has 0 saturated heterocycles. The van der Waals surface area contributed by atoms with E-state index in [0.29, 0.717) is 29.8 Å². The Morgan fingerprint density at radius 3 is 2.52 bits per heavy atom. The lowest BCUT2D eigenvalue weighted by atomic mass is 9.51. The highest BCUT2D eigenvalue weighted by Gasteiger charge is 2.56. The first-order valence-corrected chi connectivity index (χ1v) is 8.41. The Morgan fingerprint density at radius 1 is 0.952 bits per heavy atom. The molecule has 112 valence electrons. The Morgan fingerprint density at radius 2 is 1.71 bits per heavy atom. The molecule has 4 aliphatic rings. The van der Waals surface area contributed by atoms with Crippen LogP contribution in [0.3, 0.4) is 0 Å². The standard InChI is InChI=1S/C19H24O2/c1-18-9-7-13(20)11-12(18)3-4-14-15-5-6-17(21)19(15,2)10-8-16(14)18/h3-4,15-16H,5-11H2,1-2H3. The number of carbonyl (C=O) groups is 2. The Labute approximate surface area is 126 Å². The second-order valence-electron chi connectivity index (χ2n) is 8.01. The van der Waals surface area contributed by atoms with Crippen molar-refractivity contribution in [3.05, 3.63) is 23.3 Å². The minimum atomic E-state index is -0.103. The number of Topliss-reactive ketones (excluding diaryl/α,β-unsaturated/α-hetero) is 2. The largest absolute Gasteiger partial charge is 0.299 e. The number of allylic oxidation sites excluding steroid dienone is 4. The van der Waals surface area contributed by atoms with Crippen LogP contribution in [0.5, 0.6) is 0 Å². The van der Waals surface area contributed by atoms with Crippen LogP contribution in [-0.4, -0.2) is 11.6 Å². The van der Waals surface area contributed by atoms with Gasteiger partial charge in [-0.15, -0.1) is 0 Å². The van der Waals surface area contributed by atoms with Crippen LogP contribution >= 0.6 is 0 Å². The maximum atomic E-state index is 12.3. The molecule has 0 radical (unpaired) electrons. The SMILES string of the molecule is CC12CCC3C(=CC=C4CC(=O)CCC43C)C1CCC2=O. The van der Waals surface area contributed by atoms with Crippen molar-refractivity contribution in [3.8, 4) is 0 Å². The fraction of sp³-hybridized carbons (Fsp3) is 0.684. The number of ketones is 2. The summed E-state index contributed by atoms with van der Waals surface area (Å²) in [5, 5.41) is 0. The maximum Gasteiger partial charge on any atom is 0.139 e. The average molecular weight is 284 g/mol. The van der Waals surface area contributed by atoms with Crippen molar-refractivity contribution in [1.29, 1.82) is 0 Å². The molecular formula is C19H24O2. The van der Waals surface area contributed by atoms with E-state index in [1.807, 2.05) is 0 Å². The molecule has 0 aromatic heterocycles. The number of carbonyl (C=O) groups excluding carboxylic acids is 2. The molecule has 0 amide bonds. The van der Waals surface area contributed by atoms with E-state index in [0.717, 1.165) is 38.5 Å². The van der Waals surface area contributed by atoms with E-state index in [1.54, 1.807) is 0 Å². The predicted molar refractivity (Wildman–Crippen MR) is 81.7 cm³/mol. The number of rotatable bonds is 0. The summed E-state index contributed by atoms with van der Waals surface area (Å²) in [4.78, 5) is 24.1. The van der Waals surface area contributed by atoms with E-state index < -0.39 is 0 Å². The average Bonchev–Trinajstić information content (AvgIpc) is 2.76. The topological polar surface area (TPSA) is 34.1 Å². The minimum Gasteiger partial charge on any atom is -0.299 e. The number of fused-ring (bicyclic) bond motifs is 5. The van der Waals surface area contributed by atoms with Crippen molar-refractivity contribution in [2.75, 3.05) is 0 Å². The summed E-state index contributed by atoms with van der Waals surface area (Å²) in [6.07, 6.45) is 10.8. The second kappa shape index (κ2) is 4.18. The smallest absolute Gasteiger partial charge is 0.139 e. The van der Waals surface area contributed by atoms with Crippen molar-refractivity contribution in [3.63, 3.8) is 0 Å². The van der Waals surface area contributed by atoms with E-state index in [-0.39, 0.29) is 10.8 Å². The maximum absolute atomic E-state index is 12.3. The highest BCUT2D eigenvalue weighted by Crippen LogP contribution is 2.62. The lowest BCUT2D eigenvalue weighted by Crippen LogP contribution is -2.45. The van der Waals surface area contributed by atoms with Crippen LogP contribution in [0.25, 0.3) is 0 Å². The van der Waals surface area contributed by atoms with Gasteiger partial charge in [0.1, 0.15) is 11.6 Å². The fourth-order valence-electron chi connectivity index (χ4n) is 5.60. The Bertz CT molecular complexity index is 597. The summed E-state index contributed by atoms with van der Waals surface area (Å²) in [5.41, 5.74) is 2.94. The van der Waals surface area contributed by atoms with E-state index in [1.165, 1.54) is 11.1 Å². The van der Waals surface area contributed by atoms with E-state index in [4.69, 9.17) is 0 Å². The molecule has 2 heteroatoms. The van der Waals surface area contributed by atoms with Crippen LogP contribution in [0.15, 0.2) is 23.3 Å². The van der Waals surface area contributed by atoms with Crippen LogP contribution in [0.4, 0.5) is 0 Å². The lowest BCUT2D eigenvalue weighted by Gasteiger charge is -2.52. The molecular weight excluding hydrogens is 260 g/mol. The molecule has 4 atom stereocenters. The molecule has 3 fully saturated rings. The zero-order valence-corrected chi connectivity index (χ0v) is 13.1. The molecule has 0 aromatic carbocycles. The molecule has 4 unspecified atom stereocenters. The molecule has 0 aromatic rings. The number of hydrogen-bond donors (Lipinski definition) is 0. The van der Waals surface area contributed by atoms with Crippen molar-refractivity contribution in [1.82, 2.24) is 0 Å². The van der Waals surface area contributed by atoms with Gasteiger partial charge in [0, 0.05) is 24.7 Å². The molecule has 0 spiro atoms. The molecule has 0 aliphatic heterocycles. The monoisotopic (exact) mass is 284 g/mol. The molecule has 4 aliphatic carbocycles. The quantitative estimate of drug-likeness (QED) is 0.673. The van der Waals surface area contributed by atoms with E-state index in [9.17, 15) is 9.59 Å². The third-order valence-electron chi connectivity index (χ3n) is 7.11. The molecule has 0 N–H and O–H groups in total. The zero-order valence-electron chi connectivity index (χ0n) is 13.1.